The van der Waals surface area contributed by atoms with E-state index in [0.717, 1.165) is 5.69 Å². The third kappa shape index (κ3) is 4.55. The molecule has 1 aromatic carbocycles. The monoisotopic (exact) mass is 271 g/mol. The van der Waals surface area contributed by atoms with Gasteiger partial charge < -0.3 is 14.7 Å². The standard InChI is InChI=1S/C13H18ClNO3/c1-3-18-9-10(2)15(8-13(16)17)12-6-4-11(14)5-7-12/h4-7,10H,3,8-9H2,1-2H3,(H,16,17). The fourth-order valence-corrected chi connectivity index (χ4v) is 1.78. The quantitative estimate of drug-likeness (QED) is 0.828. The zero-order valence-electron chi connectivity index (χ0n) is 10.6. The van der Waals surface area contributed by atoms with Gasteiger partial charge in [-0.15, -0.1) is 0 Å². The first kappa shape index (κ1) is 14.8. The molecule has 4 nitrogen and oxygen atoms in total. The van der Waals surface area contributed by atoms with Gasteiger partial charge in [-0.05, 0) is 38.1 Å². The number of hydrogen-bond donors (Lipinski definition) is 1. The van der Waals surface area contributed by atoms with Crippen LogP contribution < -0.4 is 4.90 Å². The molecule has 0 saturated carbocycles. The lowest BCUT2D eigenvalue weighted by Crippen LogP contribution is -2.40. The third-order valence-electron chi connectivity index (χ3n) is 2.56. The first-order chi connectivity index (χ1) is 8.54. The molecular weight excluding hydrogens is 254 g/mol. The Kier molecular flexibility index (Phi) is 5.95. The van der Waals surface area contributed by atoms with Gasteiger partial charge in [0.25, 0.3) is 0 Å². The van der Waals surface area contributed by atoms with Gasteiger partial charge in [-0.25, -0.2) is 0 Å². The summed E-state index contributed by atoms with van der Waals surface area (Å²) >= 11 is 5.83. The topological polar surface area (TPSA) is 49.8 Å². The van der Waals surface area contributed by atoms with E-state index >= 15 is 0 Å². The molecule has 0 aromatic heterocycles. The second-order valence-corrected chi connectivity index (χ2v) is 4.44. The van der Waals surface area contributed by atoms with Gasteiger partial charge in [0, 0.05) is 17.3 Å². The van der Waals surface area contributed by atoms with Gasteiger partial charge >= 0.3 is 5.97 Å². The Labute approximate surface area is 112 Å². The van der Waals surface area contributed by atoms with Crippen LogP contribution in [-0.4, -0.2) is 36.9 Å². The van der Waals surface area contributed by atoms with E-state index in [-0.39, 0.29) is 12.6 Å². The van der Waals surface area contributed by atoms with Crippen molar-refractivity contribution in [1.82, 2.24) is 0 Å². The van der Waals surface area contributed by atoms with Crippen LogP contribution in [0, 0.1) is 0 Å². The third-order valence-corrected chi connectivity index (χ3v) is 2.81. The lowest BCUT2D eigenvalue weighted by molar-refractivity contribution is -0.135. The maximum atomic E-state index is 10.9. The zero-order chi connectivity index (χ0) is 13.5. The minimum atomic E-state index is -0.867. The Morgan fingerprint density at radius 3 is 2.56 bits per heavy atom. The van der Waals surface area contributed by atoms with Crippen molar-refractivity contribution < 1.29 is 14.6 Å². The Hall–Kier alpha value is -1.26. The van der Waals surface area contributed by atoms with Gasteiger partial charge in [0.2, 0.25) is 0 Å². The molecule has 0 bridgehead atoms. The van der Waals surface area contributed by atoms with Crippen molar-refractivity contribution in [2.24, 2.45) is 0 Å². The molecule has 5 heteroatoms. The van der Waals surface area contributed by atoms with Crippen LogP contribution in [0.1, 0.15) is 13.8 Å². The lowest BCUT2D eigenvalue weighted by atomic mass is 10.2. The first-order valence-corrected chi connectivity index (χ1v) is 6.24. The molecule has 0 saturated heterocycles. The van der Waals surface area contributed by atoms with Crippen LogP contribution in [0.4, 0.5) is 5.69 Å². The maximum absolute atomic E-state index is 10.9. The number of rotatable bonds is 7. The number of carboxylic acids is 1. The second-order valence-electron chi connectivity index (χ2n) is 4.01. The van der Waals surface area contributed by atoms with E-state index in [0.29, 0.717) is 18.2 Å². The number of nitrogens with zero attached hydrogens (tertiary/aromatic N) is 1. The van der Waals surface area contributed by atoms with Gasteiger partial charge in [0.05, 0.1) is 12.6 Å². The van der Waals surface area contributed by atoms with Crippen molar-refractivity contribution in [2.45, 2.75) is 19.9 Å². The van der Waals surface area contributed by atoms with Crippen molar-refractivity contribution in [3.63, 3.8) is 0 Å². The fourth-order valence-electron chi connectivity index (χ4n) is 1.66. The average Bonchev–Trinajstić information content (AvgIpc) is 2.34. The van der Waals surface area contributed by atoms with E-state index in [2.05, 4.69) is 0 Å². The summed E-state index contributed by atoms with van der Waals surface area (Å²) in [6.07, 6.45) is 0. The molecule has 0 spiro atoms. The van der Waals surface area contributed by atoms with E-state index in [9.17, 15) is 4.79 Å². The summed E-state index contributed by atoms with van der Waals surface area (Å²) in [6.45, 7) is 4.90. The van der Waals surface area contributed by atoms with E-state index in [4.69, 9.17) is 21.4 Å². The molecule has 0 aliphatic carbocycles. The normalized spacial score (nSPS) is 12.2. The number of carboxylic acid groups (broad SMARTS) is 1. The summed E-state index contributed by atoms with van der Waals surface area (Å²) in [5.41, 5.74) is 0.828. The Morgan fingerprint density at radius 2 is 2.06 bits per heavy atom. The number of aliphatic carboxylic acids is 1. The van der Waals surface area contributed by atoms with E-state index < -0.39 is 5.97 Å². The number of benzene rings is 1. The molecule has 1 atom stereocenters. The highest BCUT2D eigenvalue weighted by Crippen LogP contribution is 2.20. The molecule has 0 heterocycles. The largest absolute Gasteiger partial charge is 0.480 e. The molecule has 0 aliphatic rings. The summed E-state index contributed by atoms with van der Waals surface area (Å²) in [5, 5.41) is 9.60. The van der Waals surface area contributed by atoms with Gasteiger partial charge in [-0.3, -0.25) is 4.79 Å². The highest BCUT2D eigenvalue weighted by molar-refractivity contribution is 6.30. The van der Waals surface area contributed by atoms with E-state index in [1.54, 1.807) is 17.0 Å². The summed E-state index contributed by atoms with van der Waals surface area (Å²) in [6, 6.07) is 7.11. The highest BCUT2D eigenvalue weighted by atomic mass is 35.5. The molecule has 1 unspecified atom stereocenters. The Bertz CT molecular complexity index is 380. The van der Waals surface area contributed by atoms with Crippen LogP contribution in [0.25, 0.3) is 0 Å². The lowest BCUT2D eigenvalue weighted by Gasteiger charge is -2.29. The minimum absolute atomic E-state index is 0.0118. The highest BCUT2D eigenvalue weighted by Gasteiger charge is 2.17. The first-order valence-electron chi connectivity index (χ1n) is 5.86. The number of hydrogen-bond acceptors (Lipinski definition) is 3. The number of ether oxygens (including phenoxy) is 1. The second kappa shape index (κ2) is 7.24. The molecule has 18 heavy (non-hydrogen) atoms. The molecule has 100 valence electrons. The molecule has 1 rings (SSSR count). The van der Waals surface area contributed by atoms with E-state index in [1.807, 2.05) is 26.0 Å². The predicted octanol–water partition coefficient (Wildman–Crippen LogP) is 2.66. The smallest absolute Gasteiger partial charge is 0.323 e. The molecule has 0 fully saturated rings. The van der Waals surface area contributed by atoms with Crippen molar-refractivity contribution in [1.29, 1.82) is 0 Å². The summed E-state index contributed by atoms with van der Waals surface area (Å²) in [7, 11) is 0. The molecular formula is C13H18ClNO3. The Balaban J connectivity index is 2.82. The van der Waals surface area contributed by atoms with E-state index in [1.165, 1.54) is 0 Å². The Morgan fingerprint density at radius 1 is 1.44 bits per heavy atom. The fraction of sp³-hybridized carbons (Fsp3) is 0.462. The summed E-state index contributed by atoms with van der Waals surface area (Å²) in [4.78, 5) is 12.7. The number of carbonyl (C=O) groups is 1. The van der Waals surface area contributed by atoms with Crippen molar-refractivity contribution in [3.8, 4) is 0 Å². The van der Waals surface area contributed by atoms with Crippen LogP contribution in [0.15, 0.2) is 24.3 Å². The predicted molar refractivity (Wildman–Crippen MR) is 72.4 cm³/mol. The van der Waals surface area contributed by atoms with Crippen LogP contribution >= 0.6 is 11.6 Å². The van der Waals surface area contributed by atoms with Crippen LogP contribution in [0.2, 0.25) is 5.02 Å². The van der Waals surface area contributed by atoms with Crippen LogP contribution in [0.5, 0.6) is 0 Å². The molecule has 0 radical (unpaired) electrons. The van der Waals surface area contributed by atoms with Crippen LogP contribution in [0.3, 0.4) is 0 Å². The van der Waals surface area contributed by atoms with Gasteiger partial charge in [0.1, 0.15) is 6.54 Å². The molecule has 0 amide bonds. The van der Waals surface area contributed by atoms with Crippen molar-refractivity contribution >= 4 is 23.3 Å². The average molecular weight is 272 g/mol. The summed E-state index contributed by atoms with van der Waals surface area (Å²) < 4.78 is 5.34. The molecule has 0 aliphatic heterocycles. The SMILES string of the molecule is CCOCC(C)N(CC(=O)O)c1ccc(Cl)cc1. The van der Waals surface area contributed by atoms with Gasteiger partial charge in [-0.2, -0.15) is 0 Å². The maximum Gasteiger partial charge on any atom is 0.323 e. The zero-order valence-corrected chi connectivity index (χ0v) is 11.4. The number of halogens is 1. The number of anilines is 1. The van der Waals surface area contributed by atoms with Crippen molar-refractivity contribution in [2.75, 3.05) is 24.7 Å². The minimum Gasteiger partial charge on any atom is -0.480 e. The van der Waals surface area contributed by atoms with Gasteiger partial charge in [0.15, 0.2) is 0 Å². The molecule has 1 N–H and O–H groups in total. The van der Waals surface area contributed by atoms with Crippen molar-refractivity contribution in [3.05, 3.63) is 29.3 Å². The molecule has 1 aromatic rings. The van der Waals surface area contributed by atoms with Gasteiger partial charge in [-0.1, -0.05) is 11.6 Å². The van der Waals surface area contributed by atoms with Crippen LogP contribution in [-0.2, 0) is 9.53 Å². The summed E-state index contributed by atoms with van der Waals surface area (Å²) in [5.74, 6) is -0.867.